The first-order chi connectivity index (χ1) is 17.8. The lowest BCUT2D eigenvalue weighted by Crippen LogP contribution is -2.28. The van der Waals surface area contributed by atoms with Gasteiger partial charge >= 0.3 is 5.69 Å². The molecule has 4 rings (SSSR count). The Balaban J connectivity index is 1.75. The van der Waals surface area contributed by atoms with Gasteiger partial charge in [-0.15, -0.1) is 0 Å². The monoisotopic (exact) mass is 573 g/mol. The lowest BCUT2D eigenvalue weighted by atomic mass is 10.0. The number of aromatic nitrogens is 3. The van der Waals surface area contributed by atoms with E-state index in [0.717, 1.165) is 23.2 Å². The number of pyridine rings is 1. The van der Waals surface area contributed by atoms with Crippen molar-refractivity contribution in [1.29, 1.82) is 0 Å². The normalized spacial score (nSPS) is 12.6. The van der Waals surface area contributed by atoms with Gasteiger partial charge in [0.05, 0.1) is 16.1 Å². The molecule has 0 unspecified atom stereocenters. The summed E-state index contributed by atoms with van der Waals surface area (Å²) in [6, 6.07) is 13.9. The fraction of sp³-hybridized carbons (Fsp3) is 0.429. The zero-order valence-electron chi connectivity index (χ0n) is 23.1. The number of hydrogen-bond donors (Lipinski definition) is 0. The van der Waals surface area contributed by atoms with Gasteiger partial charge in [0.2, 0.25) is 0 Å². The summed E-state index contributed by atoms with van der Waals surface area (Å²) in [4.78, 5) is 18.4. The van der Waals surface area contributed by atoms with Gasteiger partial charge in [-0.05, 0) is 41.9 Å². The Labute approximate surface area is 230 Å². The Kier molecular flexibility index (Phi) is 8.63. The minimum atomic E-state index is -1.27. The van der Waals surface area contributed by atoms with Crippen molar-refractivity contribution in [1.82, 2.24) is 14.1 Å². The number of benzene rings is 2. The molecular formula is C28H37ClFN3O3Si2. The van der Waals surface area contributed by atoms with Crippen LogP contribution in [0.5, 0.6) is 0 Å². The molecule has 0 fully saturated rings. The lowest BCUT2D eigenvalue weighted by molar-refractivity contribution is 0.0753. The first-order valence-electron chi connectivity index (χ1n) is 13.0. The average molecular weight is 574 g/mol. The minimum absolute atomic E-state index is 0.127. The number of rotatable bonds is 11. The highest BCUT2D eigenvalue weighted by Gasteiger charge is 2.20. The maximum absolute atomic E-state index is 13.5. The van der Waals surface area contributed by atoms with Crippen LogP contribution in [0, 0.1) is 5.82 Å². The van der Waals surface area contributed by atoms with E-state index in [0.29, 0.717) is 40.3 Å². The van der Waals surface area contributed by atoms with E-state index < -0.39 is 16.1 Å². The zero-order valence-corrected chi connectivity index (χ0v) is 25.9. The molecule has 0 aliphatic rings. The van der Waals surface area contributed by atoms with Gasteiger partial charge in [0, 0.05) is 40.3 Å². The van der Waals surface area contributed by atoms with Crippen LogP contribution in [0.3, 0.4) is 0 Å². The summed E-state index contributed by atoms with van der Waals surface area (Å²) in [5.74, 6) is -0.305. The fourth-order valence-corrected chi connectivity index (χ4v) is 5.93. The van der Waals surface area contributed by atoms with Crippen molar-refractivity contribution in [3.8, 4) is 11.1 Å². The molecule has 10 heteroatoms. The van der Waals surface area contributed by atoms with Crippen LogP contribution < -0.4 is 5.69 Å². The molecule has 0 atom stereocenters. The zero-order chi connectivity index (χ0) is 27.7. The fourth-order valence-electron chi connectivity index (χ4n) is 4.09. The van der Waals surface area contributed by atoms with Gasteiger partial charge in [-0.3, -0.25) is 9.13 Å². The Bertz CT molecular complexity index is 1490. The number of halogens is 2. The summed E-state index contributed by atoms with van der Waals surface area (Å²) in [6.07, 6.45) is 0. The van der Waals surface area contributed by atoms with Gasteiger partial charge in [-0.2, -0.15) is 0 Å². The molecule has 0 saturated carbocycles. The highest BCUT2D eigenvalue weighted by molar-refractivity contribution is 6.76. The van der Waals surface area contributed by atoms with Gasteiger partial charge in [-0.25, -0.2) is 14.2 Å². The second kappa shape index (κ2) is 11.4. The Hall–Kier alpha value is -2.31. The Morgan fingerprint density at radius 2 is 1.45 bits per heavy atom. The molecule has 0 N–H and O–H groups in total. The highest BCUT2D eigenvalue weighted by atomic mass is 35.5. The summed E-state index contributed by atoms with van der Waals surface area (Å²) < 4.78 is 28.6. The van der Waals surface area contributed by atoms with Gasteiger partial charge in [0.25, 0.3) is 0 Å². The molecule has 2 aromatic carbocycles. The van der Waals surface area contributed by atoms with E-state index in [2.05, 4.69) is 39.3 Å². The maximum Gasteiger partial charge on any atom is 0.334 e. The smallest absolute Gasteiger partial charge is 0.334 e. The average Bonchev–Trinajstić information content (AvgIpc) is 3.08. The third-order valence-electron chi connectivity index (χ3n) is 6.49. The van der Waals surface area contributed by atoms with Crippen molar-refractivity contribution in [2.24, 2.45) is 0 Å². The maximum atomic E-state index is 13.5. The van der Waals surface area contributed by atoms with Crippen LogP contribution in [0.2, 0.25) is 56.4 Å². The van der Waals surface area contributed by atoms with E-state index >= 15 is 0 Å². The summed E-state index contributed by atoms with van der Waals surface area (Å²) in [6.45, 7) is 15.2. The van der Waals surface area contributed by atoms with Crippen LogP contribution in [0.25, 0.3) is 33.2 Å². The number of nitrogens with zero attached hydrogens (tertiary/aromatic N) is 3. The molecule has 0 radical (unpaired) electrons. The van der Waals surface area contributed by atoms with Gasteiger partial charge in [-0.1, -0.05) is 69.1 Å². The molecule has 2 heterocycles. The summed E-state index contributed by atoms with van der Waals surface area (Å²) in [7, 11) is -2.53. The predicted octanol–water partition coefficient (Wildman–Crippen LogP) is 7.44. The van der Waals surface area contributed by atoms with E-state index in [1.807, 2.05) is 18.2 Å². The first kappa shape index (κ1) is 28.7. The molecule has 6 nitrogen and oxygen atoms in total. The van der Waals surface area contributed by atoms with Crippen LogP contribution in [0.1, 0.15) is 0 Å². The van der Waals surface area contributed by atoms with E-state index in [4.69, 9.17) is 26.1 Å². The summed E-state index contributed by atoms with van der Waals surface area (Å²) >= 11 is 6.86. The van der Waals surface area contributed by atoms with Gasteiger partial charge < -0.3 is 9.47 Å². The molecule has 204 valence electrons. The van der Waals surface area contributed by atoms with Crippen molar-refractivity contribution >= 4 is 49.8 Å². The Morgan fingerprint density at radius 1 is 0.868 bits per heavy atom. The minimum Gasteiger partial charge on any atom is -0.361 e. The van der Waals surface area contributed by atoms with Gasteiger partial charge in [0.15, 0.2) is 5.65 Å². The molecule has 0 aliphatic heterocycles. The largest absolute Gasteiger partial charge is 0.361 e. The summed E-state index contributed by atoms with van der Waals surface area (Å²) in [5.41, 5.74) is 3.20. The molecule has 0 aliphatic carbocycles. The molecule has 2 aromatic heterocycles. The number of hydrogen-bond acceptors (Lipinski definition) is 4. The van der Waals surface area contributed by atoms with Crippen LogP contribution >= 0.6 is 11.6 Å². The molecule has 0 spiro atoms. The molecular weight excluding hydrogens is 537 g/mol. The third kappa shape index (κ3) is 6.82. The van der Waals surface area contributed by atoms with Crippen molar-refractivity contribution in [2.45, 2.75) is 64.8 Å². The van der Waals surface area contributed by atoms with Crippen LogP contribution in [0.15, 0.2) is 47.3 Å². The lowest BCUT2D eigenvalue weighted by Gasteiger charge is -2.15. The van der Waals surface area contributed by atoms with Crippen molar-refractivity contribution in [3.05, 3.63) is 63.8 Å². The van der Waals surface area contributed by atoms with Crippen LogP contribution in [-0.4, -0.2) is 43.5 Å². The van der Waals surface area contributed by atoms with E-state index in [-0.39, 0.29) is 25.0 Å². The number of ether oxygens (including phenoxy) is 2. The van der Waals surface area contributed by atoms with Crippen LogP contribution in [0.4, 0.5) is 4.39 Å². The molecule has 38 heavy (non-hydrogen) atoms. The second-order valence-corrected chi connectivity index (χ2v) is 23.8. The number of fused-ring (bicyclic) bond motifs is 2. The second-order valence-electron chi connectivity index (χ2n) is 12.2. The van der Waals surface area contributed by atoms with E-state index in [9.17, 15) is 9.18 Å². The first-order valence-corrected chi connectivity index (χ1v) is 20.8. The molecule has 4 aromatic rings. The van der Waals surface area contributed by atoms with Crippen molar-refractivity contribution < 1.29 is 13.9 Å². The SMILES string of the molecule is C[Si](C)(C)CCOCn1c(=O)n(COCC[Si](C)(C)C)c2nc3ccc(-c4ccc(F)cc4)c(Cl)c3cc21. The molecule has 0 amide bonds. The standard InChI is InChI=1S/C28H37ClFN3O3Si2/c1-37(2,3)15-13-35-18-32-25-17-23-24(12-11-22(26(23)29)20-7-9-21(30)10-8-20)31-27(25)33(28(32)34)19-36-14-16-38(4,5)6/h7-12,17H,13-16,18-19H2,1-6H3. The summed E-state index contributed by atoms with van der Waals surface area (Å²) in [5, 5.41) is 1.22. The highest BCUT2D eigenvalue weighted by Crippen LogP contribution is 2.35. The third-order valence-corrected chi connectivity index (χ3v) is 10.3. The van der Waals surface area contributed by atoms with Crippen LogP contribution in [-0.2, 0) is 22.9 Å². The van der Waals surface area contributed by atoms with Crippen molar-refractivity contribution in [3.63, 3.8) is 0 Å². The van der Waals surface area contributed by atoms with Gasteiger partial charge in [0.1, 0.15) is 19.3 Å². The molecule has 0 bridgehead atoms. The predicted molar refractivity (Wildman–Crippen MR) is 160 cm³/mol. The van der Waals surface area contributed by atoms with E-state index in [1.54, 1.807) is 21.3 Å². The Morgan fingerprint density at radius 3 is 2.03 bits per heavy atom. The topological polar surface area (TPSA) is 58.3 Å². The van der Waals surface area contributed by atoms with Crippen molar-refractivity contribution in [2.75, 3.05) is 13.2 Å². The molecule has 0 saturated heterocycles. The van der Waals surface area contributed by atoms with E-state index in [1.165, 1.54) is 12.1 Å². The quantitative estimate of drug-likeness (QED) is 0.138. The number of imidazole rings is 1.